The lowest BCUT2D eigenvalue weighted by Crippen LogP contribution is -2.00. The van der Waals surface area contributed by atoms with Crippen molar-refractivity contribution < 1.29 is 19.1 Å². The van der Waals surface area contributed by atoms with Crippen LogP contribution in [0.25, 0.3) is 0 Å². The van der Waals surface area contributed by atoms with Gasteiger partial charge in [0.05, 0.1) is 6.61 Å². The van der Waals surface area contributed by atoms with Crippen LogP contribution >= 0.6 is 0 Å². The number of hydrogen-bond donors (Lipinski definition) is 0. The van der Waals surface area contributed by atoms with Crippen LogP contribution in [0.1, 0.15) is 26.7 Å². The number of carbonyl (C=O) groups excluding carboxylic acids is 2. The maximum atomic E-state index is 10.4. The van der Waals surface area contributed by atoms with E-state index in [0.29, 0.717) is 13.2 Å². The summed E-state index contributed by atoms with van der Waals surface area (Å²) in [5, 5.41) is 0. The van der Waals surface area contributed by atoms with Crippen molar-refractivity contribution in [2.75, 3.05) is 13.2 Å². The molecule has 0 aliphatic carbocycles. The fraction of sp³-hybridized carbons (Fsp3) is 0.600. The van der Waals surface area contributed by atoms with Gasteiger partial charge >= 0.3 is 11.9 Å². The van der Waals surface area contributed by atoms with Gasteiger partial charge in [-0.15, -0.1) is 0 Å². The Morgan fingerprint density at radius 2 is 1.71 bits per heavy atom. The van der Waals surface area contributed by atoms with Gasteiger partial charge in [0.2, 0.25) is 0 Å². The molecule has 14 heavy (non-hydrogen) atoms. The Kier molecular flexibility index (Phi) is 7.50. The molecule has 80 valence electrons. The molecule has 0 aliphatic rings. The third kappa shape index (κ3) is 10.7. The number of ether oxygens (including phenoxy) is 2. The van der Waals surface area contributed by atoms with Crippen LogP contribution in [0.3, 0.4) is 0 Å². The molecular formula is C10H16O4. The van der Waals surface area contributed by atoms with Crippen LogP contribution in [0.2, 0.25) is 0 Å². The van der Waals surface area contributed by atoms with Crippen LogP contribution in [-0.4, -0.2) is 25.2 Å². The molecule has 0 fully saturated rings. The van der Waals surface area contributed by atoms with E-state index in [4.69, 9.17) is 4.74 Å². The van der Waals surface area contributed by atoms with Gasteiger partial charge in [-0.05, 0) is 12.8 Å². The van der Waals surface area contributed by atoms with Gasteiger partial charge in [-0.1, -0.05) is 12.2 Å². The monoisotopic (exact) mass is 200 g/mol. The zero-order chi connectivity index (χ0) is 10.8. The molecule has 0 amide bonds. The van der Waals surface area contributed by atoms with Crippen molar-refractivity contribution in [3.05, 3.63) is 12.2 Å². The van der Waals surface area contributed by atoms with Gasteiger partial charge in [0.15, 0.2) is 0 Å². The lowest BCUT2D eigenvalue weighted by atomic mass is 10.3. The number of esters is 2. The predicted octanol–water partition coefficient (Wildman–Crippen LogP) is 1.45. The van der Waals surface area contributed by atoms with Gasteiger partial charge in [0.1, 0.15) is 6.61 Å². The molecule has 0 saturated heterocycles. The van der Waals surface area contributed by atoms with Crippen LogP contribution in [0.5, 0.6) is 0 Å². The van der Waals surface area contributed by atoms with Crippen molar-refractivity contribution in [1.29, 1.82) is 0 Å². The van der Waals surface area contributed by atoms with Crippen LogP contribution in [0.15, 0.2) is 12.2 Å². The van der Waals surface area contributed by atoms with E-state index in [1.807, 2.05) is 6.08 Å². The van der Waals surface area contributed by atoms with Crippen molar-refractivity contribution in [2.24, 2.45) is 0 Å². The van der Waals surface area contributed by atoms with E-state index in [0.717, 1.165) is 12.8 Å². The largest absolute Gasteiger partial charge is 0.466 e. The normalized spacial score (nSPS) is 10.1. The lowest BCUT2D eigenvalue weighted by Gasteiger charge is -1.98. The first-order valence-electron chi connectivity index (χ1n) is 4.54. The van der Waals surface area contributed by atoms with Crippen molar-refractivity contribution in [3.8, 4) is 0 Å². The quantitative estimate of drug-likeness (QED) is 0.370. The van der Waals surface area contributed by atoms with Gasteiger partial charge in [-0.3, -0.25) is 9.59 Å². The molecular weight excluding hydrogens is 184 g/mol. The third-order valence-corrected chi connectivity index (χ3v) is 1.37. The van der Waals surface area contributed by atoms with Crippen LogP contribution < -0.4 is 0 Å². The summed E-state index contributed by atoms with van der Waals surface area (Å²) < 4.78 is 9.40. The maximum Gasteiger partial charge on any atom is 0.302 e. The van der Waals surface area contributed by atoms with Crippen molar-refractivity contribution in [3.63, 3.8) is 0 Å². The fourth-order valence-electron chi connectivity index (χ4n) is 0.768. The Morgan fingerprint density at radius 3 is 2.29 bits per heavy atom. The molecule has 0 unspecified atom stereocenters. The molecule has 4 heteroatoms. The minimum Gasteiger partial charge on any atom is -0.466 e. The topological polar surface area (TPSA) is 52.6 Å². The average Bonchev–Trinajstić information content (AvgIpc) is 2.08. The number of carbonyl (C=O) groups is 2. The molecule has 0 aromatic carbocycles. The molecule has 0 atom stereocenters. The summed E-state index contributed by atoms with van der Waals surface area (Å²) in [7, 11) is 0. The second-order valence-corrected chi connectivity index (χ2v) is 2.76. The van der Waals surface area contributed by atoms with Crippen molar-refractivity contribution in [1.82, 2.24) is 0 Å². The van der Waals surface area contributed by atoms with Crippen LogP contribution in [0, 0.1) is 0 Å². The molecule has 0 heterocycles. The van der Waals surface area contributed by atoms with Crippen molar-refractivity contribution >= 4 is 11.9 Å². The SMILES string of the molecule is CC(=O)OCC=CCCCOC(C)=O. The molecule has 0 radical (unpaired) electrons. The molecule has 0 saturated carbocycles. The number of rotatable bonds is 6. The van der Waals surface area contributed by atoms with Gasteiger partial charge in [0, 0.05) is 13.8 Å². The highest BCUT2D eigenvalue weighted by atomic mass is 16.5. The molecule has 0 bridgehead atoms. The van der Waals surface area contributed by atoms with E-state index in [9.17, 15) is 9.59 Å². The minimum atomic E-state index is -0.283. The first-order valence-corrected chi connectivity index (χ1v) is 4.54. The number of unbranched alkanes of at least 4 members (excludes halogenated alkanes) is 1. The summed E-state index contributed by atoms with van der Waals surface area (Å²) in [4.78, 5) is 20.7. The zero-order valence-electron chi connectivity index (χ0n) is 8.62. The van der Waals surface area contributed by atoms with E-state index in [2.05, 4.69) is 4.74 Å². The number of allylic oxidation sites excluding steroid dienone is 1. The minimum absolute atomic E-state index is 0.256. The second-order valence-electron chi connectivity index (χ2n) is 2.76. The molecule has 0 aliphatic heterocycles. The highest BCUT2D eigenvalue weighted by Gasteiger charge is 1.90. The molecule has 0 spiro atoms. The highest BCUT2D eigenvalue weighted by Crippen LogP contribution is 1.92. The lowest BCUT2D eigenvalue weighted by molar-refractivity contribution is -0.141. The second kappa shape index (κ2) is 8.29. The summed E-state index contributed by atoms with van der Waals surface area (Å²) in [6.45, 7) is 3.50. The number of hydrogen-bond acceptors (Lipinski definition) is 4. The average molecular weight is 200 g/mol. The van der Waals surface area contributed by atoms with Gasteiger partial charge < -0.3 is 9.47 Å². The summed E-state index contributed by atoms with van der Waals surface area (Å²) in [5.74, 6) is -0.538. The Hall–Kier alpha value is -1.32. The van der Waals surface area contributed by atoms with E-state index < -0.39 is 0 Å². The van der Waals surface area contributed by atoms with E-state index >= 15 is 0 Å². The smallest absolute Gasteiger partial charge is 0.302 e. The summed E-state index contributed by atoms with van der Waals surface area (Å²) in [6.07, 6.45) is 5.27. The van der Waals surface area contributed by atoms with Gasteiger partial charge in [-0.2, -0.15) is 0 Å². The molecule has 0 rings (SSSR count). The zero-order valence-corrected chi connectivity index (χ0v) is 8.62. The van der Waals surface area contributed by atoms with Crippen LogP contribution in [-0.2, 0) is 19.1 Å². The van der Waals surface area contributed by atoms with E-state index in [1.54, 1.807) is 6.08 Å². The molecule has 0 aromatic heterocycles. The van der Waals surface area contributed by atoms with E-state index in [1.165, 1.54) is 13.8 Å². The summed E-state index contributed by atoms with van der Waals surface area (Å²) >= 11 is 0. The Morgan fingerprint density at radius 1 is 1.07 bits per heavy atom. The summed E-state index contributed by atoms with van der Waals surface area (Å²) in [6, 6.07) is 0. The maximum absolute atomic E-state index is 10.4. The molecule has 0 N–H and O–H groups in total. The highest BCUT2D eigenvalue weighted by molar-refractivity contribution is 5.66. The van der Waals surface area contributed by atoms with E-state index in [-0.39, 0.29) is 11.9 Å². The standard InChI is InChI=1S/C10H16O4/c1-9(11)13-7-5-3-4-6-8-14-10(2)12/h3,5H,4,6-8H2,1-2H3. The Labute approximate surface area is 83.9 Å². The first kappa shape index (κ1) is 12.7. The summed E-state index contributed by atoms with van der Waals surface area (Å²) in [5.41, 5.74) is 0. The Balaban J connectivity index is 3.19. The molecule has 0 aromatic rings. The van der Waals surface area contributed by atoms with Crippen LogP contribution in [0.4, 0.5) is 0 Å². The third-order valence-electron chi connectivity index (χ3n) is 1.37. The van der Waals surface area contributed by atoms with Crippen molar-refractivity contribution in [2.45, 2.75) is 26.7 Å². The first-order chi connectivity index (χ1) is 6.63. The molecule has 4 nitrogen and oxygen atoms in total. The fourth-order valence-corrected chi connectivity index (χ4v) is 0.768. The Bertz CT molecular complexity index is 208. The van der Waals surface area contributed by atoms with Gasteiger partial charge in [-0.25, -0.2) is 0 Å². The van der Waals surface area contributed by atoms with Gasteiger partial charge in [0.25, 0.3) is 0 Å². The predicted molar refractivity (Wildman–Crippen MR) is 51.6 cm³/mol.